The molecule has 6 aromatic rings. The molecule has 6 atom stereocenters. The zero-order chi connectivity index (χ0) is 78.4. The van der Waals surface area contributed by atoms with E-state index in [0.29, 0.717) is 18.4 Å². The van der Waals surface area contributed by atoms with Crippen LogP contribution in [-0.2, 0) is 181 Å². The Labute approximate surface area is 708 Å². The van der Waals surface area contributed by atoms with Gasteiger partial charge in [0.15, 0.2) is 0 Å². The third-order valence-corrected chi connectivity index (χ3v) is 20.2. The van der Waals surface area contributed by atoms with Gasteiger partial charge in [0.05, 0.1) is 27.2 Å². The average Bonchev–Trinajstić information content (AvgIpc) is 1.75. The molecule has 0 bridgehead atoms. The van der Waals surface area contributed by atoms with Crippen LogP contribution in [0.2, 0.25) is 0 Å². The molecule has 6 N–H and O–H groups in total. The number of ether oxygens (including phenoxy) is 1. The number of aliphatic carboxylic acids is 3. The van der Waals surface area contributed by atoms with E-state index in [-0.39, 0.29) is 164 Å². The summed E-state index contributed by atoms with van der Waals surface area (Å²) < 4.78 is 85.5. The minimum Gasteiger partial charge on any atom is -0.480 e. The van der Waals surface area contributed by atoms with Crippen LogP contribution in [0.15, 0.2) is 178 Å². The van der Waals surface area contributed by atoms with Crippen molar-refractivity contribution in [1.29, 1.82) is 0 Å². The number of benzene rings is 6. The predicted molar refractivity (Wildman–Crippen MR) is 407 cm³/mol. The van der Waals surface area contributed by atoms with E-state index in [1.807, 2.05) is 83.1 Å². The first-order chi connectivity index (χ1) is 49.2. The molecule has 105 heavy (non-hydrogen) atoms. The van der Waals surface area contributed by atoms with E-state index in [4.69, 9.17) is 4.74 Å². The molecular weight excluding hydrogens is 1650 g/mol. The Bertz CT molecular complexity index is 3200. The first-order valence-corrected chi connectivity index (χ1v) is 39.6. The van der Waals surface area contributed by atoms with Crippen LogP contribution in [-0.4, -0.2) is 157 Å². The molecule has 22 nitrogen and oxygen atoms in total. The van der Waals surface area contributed by atoms with Crippen molar-refractivity contribution in [2.75, 3.05) is 31.5 Å². The smallest absolute Gasteiger partial charge is 0.326 e. The number of sulfonamides is 3. The second kappa shape index (κ2) is 65.4. The van der Waals surface area contributed by atoms with Gasteiger partial charge in [-0.05, 0) is 68.5 Å². The number of rotatable bonds is 21. The number of carboxylic acid groups (broad SMARTS) is 3. The predicted octanol–water partition coefficient (Wildman–Crippen LogP) is 12.1. The molecule has 3 amide bonds. The zero-order valence-corrected chi connectivity index (χ0v) is 75.4. The van der Waals surface area contributed by atoms with Gasteiger partial charge in [0.25, 0.3) is 0 Å². The topological polar surface area (TPSA) is 321 Å². The number of carbonyl (C=O) groups is 6. The van der Waals surface area contributed by atoms with Crippen LogP contribution in [0.3, 0.4) is 0 Å². The van der Waals surface area contributed by atoms with Crippen molar-refractivity contribution in [2.45, 2.75) is 187 Å². The van der Waals surface area contributed by atoms with Gasteiger partial charge >= 0.3 is 17.9 Å². The molecule has 6 unspecified atom stereocenters. The molecule has 3 aliphatic heterocycles. The fraction of sp³-hybridized carbons (Fsp3) is 0.408. The molecule has 579 valence electrons. The van der Waals surface area contributed by atoms with Gasteiger partial charge in [-0.1, -0.05) is 138 Å². The van der Waals surface area contributed by atoms with Crippen molar-refractivity contribution in [2.24, 2.45) is 0 Å². The quantitative estimate of drug-likeness (QED) is 0.0365. The van der Waals surface area contributed by atoms with Crippen molar-refractivity contribution in [3.05, 3.63) is 219 Å². The molecule has 3 radical (unpaired) electrons. The maximum absolute atomic E-state index is 12.9. The number of nitrogens with zero attached hydrogens (tertiary/aromatic N) is 3. The van der Waals surface area contributed by atoms with E-state index < -0.39 is 102 Å². The van der Waals surface area contributed by atoms with Crippen molar-refractivity contribution < 1.29 is 172 Å². The summed E-state index contributed by atoms with van der Waals surface area (Å²) in [6, 6.07) is 45.8. The summed E-state index contributed by atoms with van der Waals surface area (Å²) in [4.78, 5) is 73.2. The maximum atomic E-state index is 12.9. The Hall–Kier alpha value is -4.51. The van der Waals surface area contributed by atoms with Crippen LogP contribution < -0.4 is 16.0 Å². The summed E-state index contributed by atoms with van der Waals surface area (Å²) in [5, 5.41) is 35.8. The van der Waals surface area contributed by atoms with E-state index in [1.54, 1.807) is 148 Å². The molecule has 29 heteroatoms. The number of nitrogens with one attached hydrogen (secondary N) is 3. The van der Waals surface area contributed by atoms with Gasteiger partial charge in [-0.3, -0.25) is 14.4 Å². The van der Waals surface area contributed by atoms with Crippen LogP contribution in [0.5, 0.6) is 0 Å². The number of hydrogen-bond acceptors (Lipinski definition) is 14. The summed E-state index contributed by atoms with van der Waals surface area (Å²) in [5.41, 5.74) is 2.19. The fourth-order valence-electron chi connectivity index (χ4n) is 9.00. The SMILES string of the molecule is CC.CC.CC.CC.CC.CC.O=C(O)C(Cc1cc[c-]cc1)NC(=O)C1CCCN1S(=O)(=O)c1ccccc1.O=C(O)C(Cc1cc[c-]cc1)NC(=O)C1COCN1S(=O)(=O)c1ccccc1.O=C(O)C(Cc1cc[c-]cc1)NC(=O)C1CSCN1S(=O)(=O)c1ccccc1.[CH2-]C.[CH2-]C.[CH2-]C.[Y].[Y].[Y]. The van der Waals surface area contributed by atoms with E-state index >= 15 is 0 Å². The third kappa shape index (κ3) is 38.1. The molecule has 3 saturated heterocycles. The largest absolute Gasteiger partial charge is 0.480 e. The Kier molecular flexibility index (Phi) is 69.4. The van der Waals surface area contributed by atoms with Crippen LogP contribution in [0, 0.1) is 39.0 Å². The number of hydrogen-bond donors (Lipinski definition) is 6. The van der Waals surface area contributed by atoms with Gasteiger partial charge in [-0.25, -0.2) is 39.6 Å². The molecule has 6 aromatic carbocycles. The minimum atomic E-state index is -3.95. The van der Waals surface area contributed by atoms with Gasteiger partial charge < -0.3 is 56.8 Å². The minimum absolute atomic E-state index is 0. The standard InChI is InChI=1S/C20H21N2O5S.C19H19N2O6S.C19H19N2O5S2.6C2H6.3C2H5.3Y/c23-19(21-17(20(24)25)14-15-8-3-1-4-9-15)18-12-7-13-22(18)28(26,27)16-10-5-2-6-11-16;2*22-18(20-16(19(23)24)11-14-7-3-1-4-8-14)17-12-27-13-21(17)28(25,26)15-9-5-2-6-10-15;9*1-2;;;/h2-6,8-11,17-18H,7,12-14H2,(H,21,23)(H,24,25);2*2-10,16-17H,11-13H2,(H,20,22)(H,23,24);6*1-2H3;3*1H2,2H3;;;/q3*-1;;;;;;;3*-1;;;. The fourth-order valence-corrected chi connectivity index (χ4v) is 15.3. The van der Waals surface area contributed by atoms with E-state index in [0.717, 1.165) is 24.0 Å². The molecule has 9 rings (SSSR count). The zero-order valence-electron chi connectivity index (χ0n) is 63.6. The van der Waals surface area contributed by atoms with Gasteiger partial charge in [0, 0.05) is 110 Å². The number of amides is 3. The molecule has 0 saturated carbocycles. The summed E-state index contributed by atoms with van der Waals surface area (Å²) in [7, 11) is -11.6. The Balaban J connectivity index is -0.000000311. The van der Waals surface area contributed by atoms with Crippen LogP contribution in [0.25, 0.3) is 0 Å². The molecule has 0 spiro atoms. The molecule has 3 heterocycles. The van der Waals surface area contributed by atoms with E-state index in [2.05, 4.69) is 54.9 Å². The molecule has 3 aliphatic rings. The Morgan fingerprint density at radius 3 is 1.02 bits per heavy atom. The normalized spacial score (nSPS) is 15.3. The summed E-state index contributed by atoms with van der Waals surface area (Å²) in [5.74, 6) is -5.07. The number of carboxylic acids is 3. The van der Waals surface area contributed by atoms with E-state index in [1.165, 1.54) is 48.2 Å². The van der Waals surface area contributed by atoms with Crippen LogP contribution in [0.4, 0.5) is 0 Å². The Morgan fingerprint density at radius 1 is 0.438 bits per heavy atom. The van der Waals surface area contributed by atoms with Crippen LogP contribution in [0.1, 0.15) is 133 Å². The third-order valence-electron chi connectivity index (χ3n) is 13.4. The first kappa shape index (κ1) is 111. The van der Waals surface area contributed by atoms with E-state index in [9.17, 15) is 69.3 Å². The average molecular weight is 1760 g/mol. The molecular formula is C76H110N6O16S4Y3-6. The number of carbonyl (C=O) groups excluding carboxylic acids is 3. The summed E-state index contributed by atoms with van der Waals surface area (Å²) in [6.07, 6.45) is 1.16. The van der Waals surface area contributed by atoms with Crippen molar-refractivity contribution in [3.63, 3.8) is 0 Å². The maximum Gasteiger partial charge on any atom is 0.326 e. The van der Waals surface area contributed by atoms with Crippen molar-refractivity contribution in [1.82, 2.24) is 28.9 Å². The molecule has 3 fully saturated rings. The second-order valence-electron chi connectivity index (χ2n) is 19.1. The summed E-state index contributed by atoms with van der Waals surface area (Å²) in [6.45, 7) is 38.8. The molecule has 0 aliphatic carbocycles. The van der Waals surface area contributed by atoms with Gasteiger partial charge in [0.2, 0.25) is 47.8 Å². The summed E-state index contributed by atoms with van der Waals surface area (Å²) >= 11 is 1.31. The first-order valence-electron chi connectivity index (χ1n) is 34.1. The van der Waals surface area contributed by atoms with Crippen LogP contribution >= 0.6 is 11.8 Å². The number of thioether (sulfide) groups is 1. The van der Waals surface area contributed by atoms with Gasteiger partial charge in [-0.15, -0.1) is 11.8 Å². The molecule has 0 aromatic heterocycles. The monoisotopic (exact) mass is 1760 g/mol. The van der Waals surface area contributed by atoms with Gasteiger partial charge in [0.1, 0.15) is 43.0 Å². The Morgan fingerprint density at radius 2 is 0.714 bits per heavy atom. The van der Waals surface area contributed by atoms with Crippen molar-refractivity contribution >= 4 is 77.5 Å². The second-order valence-corrected chi connectivity index (χ2v) is 25.7. The van der Waals surface area contributed by atoms with Crippen molar-refractivity contribution in [3.8, 4) is 0 Å². The van der Waals surface area contributed by atoms with Gasteiger partial charge in [-0.2, -0.15) is 141 Å².